The third-order valence-corrected chi connectivity index (χ3v) is 4.04. The molecule has 0 bridgehead atoms. The second-order valence-electron chi connectivity index (χ2n) is 5.38. The Kier molecular flexibility index (Phi) is 5.92. The quantitative estimate of drug-likeness (QED) is 0.670. The lowest BCUT2D eigenvalue weighted by Crippen LogP contribution is -2.42. The molecule has 1 aliphatic carbocycles. The summed E-state index contributed by atoms with van der Waals surface area (Å²) in [5.41, 5.74) is 5.70. The van der Waals surface area contributed by atoms with Gasteiger partial charge in [-0.2, -0.15) is 0 Å². The van der Waals surface area contributed by atoms with Crippen molar-refractivity contribution >= 4 is 5.91 Å². The predicted octanol–water partition coefficient (Wildman–Crippen LogP) is 0.885. The van der Waals surface area contributed by atoms with Gasteiger partial charge in [0.25, 0.3) is 0 Å². The van der Waals surface area contributed by atoms with E-state index in [9.17, 15) is 9.90 Å². The minimum atomic E-state index is -0.147. The lowest BCUT2D eigenvalue weighted by atomic mass is 9.79. The van der Waals surface area contributed by atoms with Crippen LogP contribution in [0.5, 0.6) is 0 Å². The molecule has 4 atom stereocenters. The van der Waals surface area contributed by atoms with E-state index in [0.717, 1.165) is 12.8 Å². The van der Waals surface area contributed by atoms with E-state index in [-0.39, 0.29) is 24.5 Å². The highest BCUT2D eigenvalue weighted by atomic mass is 16.3. The number of amides is 1. The van der Waals surface area contributed by atoms with Crippen molar-refractivity contribution in [2.75, 3.05) is 13.2 Å². The predicted molar refractivity (Wildman–Crippen MR) is 68.4 cm³/mol. The second-order valence-corrected chi connectivity index (χ2v) is 5.38. The van der Waals surface area contributed by atoms with E-state index in [0.29, 0.717) is 18.4 Å². The number of hydrogen-bond donors (Lipinski definition) is 3. The molecule has 4 unspecified atom stereocenters. The van der Waals surface area contributed by atoms with Crippen molar-refractivity contribution in [1.29, 1.82) is 0 Å². The van der Waals surface area contributed by atoms with Crippen LogP contribution in [0.25, 0.3) is 0 Å². The monoisotopic (exact) mass is 242 g/mol. The van der Waals surface area contributed by atoms with E-state index in [2.05, 4.69) is 5.32 Å². The Morgan fingerprint density at radius 1 is 1.35 bits per heavy atom. The molecule has 0 aromatic carbocycles. The van der Waals surface area contributed by atoms with Gasteiger partial charge in [-0.1, -0.05) is 19.8 Å². The van der Waals surface area contributed by atoms with Crippen LogP contribution in [-0.2, 0) is 4.79 Å². The fraction of sp³-hybridized carbons (Fsp3) is 0.923. The van der Waals surface area contributed by atoms with Gasteiger partial charge in [0.1, 0.15) is 0 Å². The van der Waals surface area contributed by atoms with Crippen LogP contribution in [0.3, 0.4) is 0 Å². The van der Waals surface area contributed by atoms with Crippen molar-refractivity contribution in [3.8, 4) is 0 Å². The molecule has 1 fully saturated rings. The Labute approximate surface area is 104 Å². The zero-order valence-corrected chi connectivity index (χ0v) is 11.0. The molecular formula is C13H26N2O2. The molecule has 1 aliphatic rings. The van der Waals surface area contributed by atoms with Crippen LogP contribution in [0.4, 0.5) is 0 Å². The van der Waals surface area contributed by atoms with Crippen molar-refractivity contribution in [3.05, 3.63) is 0 Å². The first-order valence-electron chi connectivity index (χ1n) is 6.70. The third-order valence-electron chi connectivity index (χ3n) is 4.04. The van der Waals surface area contributed by atoms with Crippen LogP contribution in [-0.4, -0.2) is 30.2 Å². The Balaban J connectivity index is 2.35. The van der Waals surface area contributed by atoms with E-state index in [1.54, 1.807) is 0 Å². The molecule has 100 valence electrons. The molecule has 0 heterocycles. The van der Waals surface area contributed by atoms with Gasteiger partial charge in [-0.05, 0) is 31.6 Å². The molecule has 4 N–H and O–H groups in total. The van der Waals surface area contributed by atoms with Gasteiger partial charge in [0.15, 0.2) is 0 Å². The summed E-state index contributed by atoms with van der Waals surface area (Å²) in [6, 6.07) is -0.116. The average molecular weight is 242 g/mol. The second kappa shape index (κ2) is 6.97. The van der Waals surface area contributed by atoms with Gasteiger partial charge in [-0.25, -0.2) is 0 Å². The summed E-state index contributed by atoms with van der Waals surface area (Å²) in [5.74, 6) is 0.668. The van der Waals surface area contributed by atoms with Crippen LogP contribution in [0.2, 0.25) is 0 Å². The summed E-state index contributed by atoms with van der Waals surface area (Å²) in [6.07, 6.45) is 4.60. The van der Waals surface area contributed by atoms with E-state index in [1.807, 2.05) is 13.8 Å². The van der Waals surface area contributed by atoms with Gasteiger partial charge in [0.05, 0.1) is 0 Å². The van der Waals surface area contributed by atoms with E-state index >= 15 is 0 Å². The summed E-state index contributed by atoms with van der Waals surface area (Å²) in [6.45, 7) is 4.62. The molecule has 4 nitrogen and oxygen atoms in total. The maximum Gasteiger partial charge on any atom is 0.224 e. The molecule has 0 aromatic heterocycles. The molecule has 0 radical (unpaired) electrons. The van der Waals surface area contributed by atoms with E-state index in [1.165, 1.54) is 12.8 Å². The summed E-state index contributed by atoms with van der Waals surface area (Å²) >= 11 is 0. The van der Waals surface area contributed by atoms with Crippen LogP contribution in [0.15, 0.2) is 0 Å². The lowest BCUT2D eigenvalue weighted by molar-refractivity contribution is -0.125. The van der Waals surface area contributed by atoms with Crippen molar-refractivity contribution in [2.24, 2.45) is 23.5 Å². The zero-order valence-electron chi connectivity index (χ0n) is 11.0. The number of aliphatic hydroxyl groups is 1. The number of rotatable bonds is 5. The third kappa shape index (κ3) is 4.28. The average Bonchev–Trinajstić information content (AvgIpc) is 2.35. The largest absolute Gasteiger partial charge is 0.396 e. The smallest absolute Gasteiger partial charge is 0.224 e. The summed E-state index contributed by atoms with van der Waals surface area (Å²) in [4.78, 5) is 11.8. The molecule has 17 heavy (non-hydrogen) atoms. The molecule has 1 rings (SSSR count). The molecule has 4 heteroatoms. The molecule has 1 saturated carbocycles. The lowest BCUT2D eigenvalue weighted by Gasteiger charge is -2.30. The SMILES string of the molecule is CC(N)C(C)C(=O)NCC1CCCCC1CO. The summed E-state index contributed by atoms with van der Waals surface area (Å²) in [7, 11) is 0. The van der Waals surface area contributed by atoms with Crippen LogP contribution >= 0.6 is 0 Å². The first kappa shape index (κ1) is 14.5. The van der Waals surface area contributed by atoms with Crippen LogP contribution in [0, 0.1) is 17.8 Å². The molecular weight excluding hydrogens is 216 g/mol. The normalized spacial score (nSPS) is 28.5. The fourth-order valence-corrected chi connectivity index (χ4v) is 2.42. The number of hydrogen-bond acceptors (Lipinski definition) is 3. The van der Waals surface area contributed by atoms with Crippen molar-refractivity contribution in [3.63, 3.8) is 0 Å². The number of carbonyl (C=O) groups excluding carboxylic acids is 1. The Morgan fingerprint density at radius 2 is 1.94 bits per heavy atom. The summed E-state index contributed by atoms with van der Waals surface area (Å²) < 4.78 is 0. The minimum absolute atomic E-state index is 0.0299. The highest BCUT2D eigenvalue weighted by Crippen LogP contribution is 2.29. The highest BCUT2D eigenvalue weighted by Gasteiger charge is 2.25. The number of carbonyl (C=O) groups is 1. The summed E-state index contributed by atoms with van der Waals surface area (Å²) in [5, 5.41) is 12.3. The zero-order chi connectivity index (χ0) is 12.8. The minimum Gasteiger partial charge on any atom is -0.396 e. The van der Waals surface area contributed by atoms with Crippen LogP contribution < -0.4 is 11.1 Å². The Morgan fingerprint density at radius 3 is 2.47 bits per heavy atom. The van der Waals surface area contributed by atoms with Crippen molar-refractivity contribution in [2.45, 2.75) is 45.6 Å². The van der Waals surface area contributed by atoms with Crippen molar-refractivity contribution < 1.29 is 9.90 Å². The van der Waals surface area contributed by atoms with Gasteiger partial charge in [0, 0.05) is 25.1 Å². The molecule has 0 saturated heterocycles. The number of nitrogens with one attached hydrogen (secondary N) is 1. The van der Waals surface area contributed by atoms with Gasteiger partial charge in [0.2, 0.25) is 5.91 Å². The molecule has 0 spiro atoms. The maximum absolute atomic E-state index is 11.8. The first-order chi connectivity index (χ1) is 8.06. The Bertz CT molecular complexity index is 244. The van der Waals surface area contributed by atoms with E-state index < -0.39 is 0 Å². The number of nitrogens with two attached hydrogens (primary N) is 1. The van der Waals surface area contributed by atoms with Crippen LogP contribution in [0.1, 0.15) is 39.5 Å². The van der Waals surface area contributed by atoms with Crippen molar-refractivity contribution in [1.82, 2.24) is 5.32 Å². The van der Waals surface area contributed by atoms with Gasteiger partial charge in [-0.15, -0.1) is 0 Å². The molecule has 1 amide bonds. The standard InChI is InChI=1S/C13H26N2O2/c1-9(10(2)14)13(17)15-7-11-5-3-4-6-12(11)8-16/h9-12,16H,3-8,14H2,1-2H3,(H,15,17). The van der Waals surface area contributed by atoms with Gasteiger partial charge >= 0.3 is 0 Å². The molecule has 0 aromatic rings. The topological polar surface area (TPSA) is 75.4 Å². The highest BCUT2D eigenvalue weighted by molar-refractivity contribution is 5.78. The van der Waals surface area contributed by atoms with E-state index in [4.69, 9.17) is 5.73 Å². The maximum atomic E-state index is 11.8. The van der Waals surface area contributed by atoms with Gasteiger partial charge in [-0.3, -0.25) is 4.79 Å². The first-order valence-corrected chi connectivity index (χ1v) is 6.70. The molecule has 0 aliphatic heterocycles. The Hall–Kier alpha value is -0.610. The fourth-order valence-electron chi connectivity index (χ4n) is 2.42. The number of aliphatic hydroxyl groups excluding tert-OH is 1. The van der Waals surface area contributed by atoms with Gasteiger partial charge < -0.3 is 16.2 Å².